The second kappa shape index (κ2) is 5.38. The Bertz CT molecular complexity index is 615. The van der Waals surface area contributed by atoms with Crippen LogP contribution in [0.1, 0.15) is 22.5 Å². The molecule has 0 aromatic carbocycles. The summed E-state index contributed by atoms with van der Waals surface area (Å²) in [5.74, 6) is 1.79. The summed E-state index contributed by atoms with van der Waals surface area (Å²) in [5, 5.41) is 3.46. The van der Waals surface area contributed by atoms with E-state index in [1.807, 2.05) is 41.7 Å². The van der Waals surface area contributed by atoms with Gasteiger partial charge in [0.05, 0.1) is 11.8 Å². The number of aromatic nitrogens is 3. The van der Waals surface area contributed by atoms with E-state index in [1.54, 1.807) is 23.8 Å². The van der Waals surface area contributed by atoms with Gasteiger partial charge in [0.2, 0.25) is 0 Å². The SMILES string of the molecule is Cn1ccnc1C(NCc1cncs1)c1ccco1. The normalized spacial score (nSPS) is 12.7. The third-order valence-electron chi connectivity index (χ3n) is 2.91. The van der Waals surface area contributed by atoms with Gasteiger partial charge in [-0.15, -0.1) is 11.3 Å². The van der Waals surface area contributed by atoms with Crippen molar-refractivity contribution in [1.82, 2.24) is 19.9 Å². The molecule has 3 heterocycles. The number of imidazole rings is 1. The molecule has 0 aliphatic heterocycles. The molecule has 6 heteroatoms. The highest BCUT2D eigenvalue weighted by atomic mass is 32.1. The summed E-state index contributed by atoms with van der Waals surface area (Å²) in [4.78, 5) is 9.66. The molecule has 1 unspecified atom stereocenters. The quantitative estimate of drug-likeness (QED) is 0.776. The summed E-state index contributed by atoms with van der Waals surface area (Å²) >= 11 is 1.63. The van der Waals surface area contributed by atoms with Gasteiger partial charge in [0.1, 0.15) is 17.6 Å². The minimum absolute atomic E-state index is 0.0582. The van der Waals surface area contributed by atoms with Gasteiger partial charge in [-0.1, -0.05) is 0 Å². The van der Waals surface area contributed by atoms with E-state index < -0.39 is 0 Å². The van der Waals surface area contributed by atoms with E-state index in [1.165, 1.54) is 4.88 Å². The van der Waals surface area contributed by atoms with Crippen LogP contribution in [0.2, 0.25) is 0 Å². The van der Waals surface area contributed by atoms with Crippen molar-refractivity contribution in [2.24, 2.45) is 7.05 Å². The summed E-state index contributed by atoms with van der Waals surface area (Å²) in [6.07, 6.45) is 7.27. The third-order valence-corrected chi connectivity index (χ3v) is 3.69. The Morgan fingerprint density at radius 2 is 2.47 bits per heavy atom. The number of thiazole rings is 1. The highest BCUT2D eigenvalue weighted by molar-refractivity contribution is 7.09. The van der Waals surface area contributed by atoms with Gasteiger partial charge in [0, 0.05) is 37.1 Å². The number of hydrogen-bond donors (Lipinski definition) is 1. The first kappa shape index (κ1) is 12.1. The molecule has 5 nitrogen and oxygen atoms in total. The third kappa shape index (κ3) is 2.59. The van der Waals surface area contributed by atoms with Crippen LogP contribution in [-0.2, 0) is 13.6 Å². The lowest BCUT2D eigenvalue weighted by Crippen LogP contribution is -2.24. The number of aryl methyl sites for hydroxylation is 1. The molecular formula is C13H14N4OS. The number of nitrogens with zero attached hydrogens (tertiary/aromatic N) is 3. The van der Waals surface area contributed by atoms with Gasteiger partial charge in [0.25, 0.3) is 0 Å². The standard InChI is InChI=1S/C13H14N4OS/c1-17-5-4-15-13(17)12(11-3-2-6-18-11)16-8-10-7-14-9-19-10/h2-7,9,12,16H,8H2,1H3. The molecule has 0 spiro atoms. The molecular weight excluding hydrogens is 260 g/mol. The smallest absolute Gasteiger partial charge is 0.133 e. The summed E-state index contributed by atoms with van der Waals surface area (Å²) in [5.41, 5.74) is 1.83. The number of rotatable bonds is 5. The highest BCUT2D eigenvalue weighted by Crippen LogP contribution is 2.21. The molecule has 98 valence electrons. The first-order valence-electron chi connectivity index (χ1n) is 5.96. The van der Waals surface area contributed by atoms with Crippen molar-refractivity contribution in [1.29, 1.82) is 0 Å². The van der Waals surface area contributed by atoms with Crippen LogP contribution < -0.4 is 5.32 Å². The molecule has 0 aliphatic carbocycles. The molecule has 1 atom stereocenters. The summed E-state index contributed by atoms with van der Waals surface area (Å²) in [6.45, 7) is 0.739. The number of nitrogens with one attached hydrogen (secondary N) is 1. The van der Waals surface area contributed by atoms with Gasteiger partial charge in [-0.3, -0.25) is 10.3 Å². The van der Waals surface area contributed by atoms with Crippen LogP contribution in [0.25, 0.3) is 0 Å². The molecule has 1 N–H and O–H groups in total. The van der Waals surface area contributed by atoms with Gasteiger partial charge in [-0.05, 0) is 12.1 Å². The van der Waals surface area contributed by atoms with Gasteiger partial charge < -0.3 is 8.98 Å². The van der Waals surface area contributed by atoms with Gasteiger partial charge in [-0.25, -0.2) is 4.98 Å². The fourth-order valence-corrected chi connectivity index (χ4v) is 2.51. The van der Waals surface area contributed by atoms with Crippen molar-refractivity contribution >= 4 is 11.3 Å². The molecule has 3 rings (SSSR count). The van der Waals surface area contributed by atoms with Crippen LogP contribution in [0, 0.1) is 0 Å². The fraction of sp³-hybridized carbons (Fsp3) is 0.231. The first-order valence-corrected chi connectivity index (χ1v) is 6.84. The average molecular weight is 274 g/mol. The molecule has 0 amide bonds. The number of furan rings is 1. The summed E-state index contributed by atoms with van der Waals surface area (Å²) in [6, 6.07) is 3.79. The maximum atomic E-state index is 5.52. The average Bonchev–Trinajstić information content (AvgIpc) is 3.13. The molecule has 0 aliphatic rings. The van der Waals surface area contributed by atoms with E-state index in [9.17, 15) is 0 Å². The molecule has 0 saturated carbocycles. The van der Waals surface area contributed by atoms with Crippen LogP contribution in [0.15, 0.2) is 46.9 Å². The van der Waals surface area contributed by atoms with Crippen LogP contribution in [-0.4, -0.2) is 14.5 Å². The van der Waals surface area contributed by atoms with E-state index in [2.05, 4.69) is 15.3 Å². The molecule has 0 radical (unpaired) electrons. The zero-order valence-corrected chi connectivity index (χ0v) is 11.3. The zero-order chi connectivity index (χ0) is 13.1. The van der Waals surface area contributed by atoms with E-state index >= 15 is 0 Å². The Kier molecular flexibility index (Phi) is 3.43. The fourth-order valence-electron chi connectivity index (χ4n) is 1.96. The van der Waals surface area contributed by atoms with Crippen molar-refractivity contribution in [2.75, 3.05) is 0 Å². The molecule has 0 bridgehead atoms. The Labute approximate surface area is 114 Å². The van der Waals surface area contributed by atoms with Crippen molar-refractivity contribution in [3.63, 3.8) is 0 Å². The van der Waals surface area contributed by atoms with Gasteiger partial charge in [-0.2, -0.15) is 0 Å². The Morgan fingerprint density at radius 3 is 3.11 bits per heavy atom. The largest absolute Gasteiger partial charge is 0.467 e. The van der Waals surface area contributed by atoms with E-state index in [0.29, 0.717) is 0 Å². The van der Waals surface area contributed by atoms with Crippen LogP contribution in [0.4, 0.5) is 0 Å². The van der Waals surface area contributed by atoms with Crippen molar-refractivity contribution in [3.8, 4) is 0 Å². The zero-order valence-electron chi connectivity index (χ0n) is 10.5. The van der Waals surface area contributed by atoms with Crippen LogP contribution in [0.5, 0.6) is 0 Å². The van der Waals surface area contributed by atoms with Gasteiger partial charge >= 0.3 is 0 Å². The van der Waals surface area contributed by atoms with Crippen molar-refractivity contribution in [2.45, 2.75) is 12.6 Å². The van der Waals surface area contributed by atoms with Crippen molar-refractivity contribution < 1.29 is 4.42 Å². The van der Waals surface area contributed by atoms with Gasteiger partial charge in [0.15, 0.2) is 0 Å². The Hall–Kier alpha value is -1.92. The second-order valence-corrected chi connectivity index (χ2v) is 5.16. The van der Waals surface area contributed by atoms with E-state index in [4.69, 9.17) is 4.42 Å². The Balaban J connectivity index is 1.83. The summed E-state index contributed by atoms with van der Waals surface area (Å²) in [7, 11) is 1.98. The molecule has 0 saturated heterocycles. The molecule has 0 fully saturated rings. The lowest BCUT2D eigenvalue weighted by atomic mass is 10.2. The van der Waals surface area contributed by atoms with Crippen molar-refractivity contribution in [3.05, 3.63) is 59.0 Å². The predicted octanol–water partition coefficient (Wildman–Crippen LogP) is 2.35. The van der Waals surface area contributed by atoms with E-state index in [0.717, 1.165) is 18.1 Å². The lowest BCUT2D eigenvalue weighted by Gasteiger charge is -2.15. The minimum Gasteiger partial charge on any atom is -0.467 e. The maximum absolute atomic E-state index is 5.52. The monoisotopic (exact) mass is 274 g/mol. The predicted molar refractivity (Wildman–Crippen MR) is 72.7 cm³/mol. The number of hydrogen-bond acceptors (Lipinski definition) is 5. The summed E-state index contributed by atoms with van der Waals surface area (Å²) < 4.78 is 7.51. The molecule has 19 heavy (non-hydrogen) atoms. The lowest BCUT2D eigenvalue weighted by molar-refractivity contribution is 0.430. The highest BCUT2D eigenvalue weighted by Gasteiger charge is 2.20. The molecule has 3 aromatic heterocycles. The van der Waals surface area contributed by atoms with Crippen LogP contribution in [0.3, 0.4) is 0 Å². The topological polar surface area (TPSA) is 55.9 Å². The first-order chi connectivity index (χ1) is 9.34. The minimum atomic E-state index is -0.0582. The van der Waals surface area contributed by atoms with Crippen LogP contribution >= 0.6 is 11.3 Å². The second-order valence-electron chi connectivity index (χ2n) is 4.19. The van der Waals surface area contributed by atoms with E-state index in [-0.39, 0.29) is 6.04 Å². The maximum Gasteiger partial charge on any atom is 0.133 e. The molecule has 3 aromatic rings. The Morgan fingerprint density at radius 1 is 1.53 bits per heavy atom.